The van der Waals surface area contributed by atoms with E-state index in [0.29, 0.717) is 41.7 Å². The molecular weight excluding hydrogens is 304 g/mol. The summed E-state index contributed by atoms with van der Waals surface area (Å²) in [5.74, 6) is 0.428. The van der Waals surface area contributed by atoms with Crippen LogP contribution in [-0.4, -0.2) is 32.2 Å². The first-order valence-corrected chi connectivity index (χ1v) is 7.68. The molecule has 0 fully saturated rings. The quantitative estimate of drug-likeness (QED) is 0.699. The van der Waals surface area contributed by atoms with Crippen LogP contribution in [0, 0.1) is 6.92 Å². The molecule has 1 amide bonds. The molecule has 3 heterocycles. The third-order valence-electron chi connectivity index (χ3n) is 3.99. The molecule has 0 atom stereocenters. The van der Waals surface area contributed by atoms with E-state index in [2.05, 4.69) is 20.4 Å². The second kappa shape index (κ2) is 5.45. The first-order chi connectivity index (χ1) is 11.6. The number of carbonyl (C=O) groups excluding carboxylic acids is 1. The molecule has 7 nitrogen and oxygen atoms in total. The van der Waals surface area contributed by atoms with Crippen LogP contribution in [0.3, 0.4) is 0 Å². The normalized spacial score (nSPS) is 13.5. The maximum absolute atomic E-state index is 11.9. The molecular formula is C17H16N6O. The van der Waals surface area contributed by atoms with Gasteiger partial charge in [0.2, 0.25) is 0 Å². The number of rotatable bonds is 2. The third-order valence-corrected chi connectivity index (χ3v) is 3.99. The van der Waals surface area contributed by atoms with Crippen LogP contribution in [0.2, 0.25) is 0 Å². The van der Waals surface area contributed by atoms with Gasteiger partial charge < -0.3 is 11.1 Å². The third kappa shape index (κ3) is 2.40. The lowest BCUT2D eigenvalue weighted by molar-refractivity contribution is 0.0924. The molecule has 4 rings (SSSR count). The number of nitrogens with two attached hydrogens (primary N) is 1. The summed E-state index contributed by atoms with van der Waals surface area (Å²) in [7, 11) is 0. The number of benzene rings is 1. The molecule has 120 valence electrons. The number of nitrogen functional groups attached to an aromatic ring is 1. The Morgan fingerprint density at radius 2 is 2.08 bits per heavy atom. The molecule has 0 radical (unpaired) electrons. The van der Waals surface area contributed by atoms with Gasteiger partial charge in [-0.3, -0.25) is 9.48 Å². The highest BCUT2D eigenvalue weighted by atomic mass is 16.2. The second-order valence-corrected chi connectivity index (χ2v) is 5.75. The average molecular weight is 320 g/mol. The van der Waals surface area contributed by atoms with Crippen LogP contribution in [0.5, 0.6) is 0 Å². The molecule has 0 unspecified atom stereocenters. The number of fused-ring (bicyclic) bond motifs is 1. The molecule has 1 aliphatic rings. The second-order valence-electron chi connectivity index (χ2n) is 5.75. The summed E-state index contributed by atoms with van der Waals surface area (Å²) in [6, 6.07) is 9.31. The fourth-order valence-corrected chi connectivity index (χ4v) is 2.78. The molecule has 3 N–H and O–H groups in total. The zero-order chi connectivity index (χ0) is 16.7. The van der Waals surface area contributed by atoms with Crippen LogP contribution < -0.4 is 11.1 Å². The summed E-state index contributed by atoms with van der Waals surface area (Å²) in [6.45, 7) is 3.23. The van der Waals surface area contributed by atoms with Crippen molar-refractivity contribution in [1.82, 2.24) is 25.1 Å². The molecule has 1 aromatic carbocycles. The van der Waals surface area contributed by atoms with Gasteiger partial charge in [0.05, 0.1) is 12.2 Å². The van der Waals surface area contributed by atoms with Crippen molar-refractivity contribution < 1.29 is 4.79 Å². The van der Waals surface area contributed by atoms with E-state index in [4.69, 9.17) is 5.73 Å². The van der Waals surface area contributed by atoms with Gasteiger partial charge in [-0.15, -0.1) is 0 Å². The number of nitrogens with zero attached hydrogens (tertiary/aromatic N) is 4. The Hall–Kier alpha value is -3.22. The number of hydrogen-bond donors (Lipinski definition) is 2. The number of anilines is 1. The van der Waals surface area contributed by atoms with Crippen molar-refractivity contribution in [2.24, 2.45) is 0 Å². The summed E-state index contributed by atoms with van der Waals surface area (Å²) in [4.78, 5) is 20.8. The van der Waals surface area contributed by atoms with E-state index in [-0.39, 0.29) is 5.91 Å². The van der Waals surface area contributed by atoms with Crippen molar-refractivity contribution in [3.63, 3.8) is 0 Å². The van der Waals surface area contributed by atoms with E-state index in [9.17, 15) is 4.79 Å². The van der Waals surface area contributed by atoms with E-state index in [1.807, 2.05) is 25.1 Å². The fourth-order valence-electron chi connectivity index (χ4n) is 2.78. The highest BCUT2D eigenvalue weighted by molar-refractivity contribution is 5.94. The highest BCUT2D eigenvalue weighted by Gasteiger charge is 2.20. The van der Waals surface area contributed by atoms with Gasteiger partial charge in [0.25, 0.3) is 5.91 Å². The largest absolute Gasteiger partial charge is 0.398 e. The smallest absolute Gasteiger partial charge is 0.269 e. The van der Waals surface area contributed by atoms with Gasteiger partial charge in [0.15, 0.2) is 5.82 Å². The SMILES string of the molecule is Cc1ccc(-c2nccc(-c3cc4n(n3)CCNC4=O)n2)c(N)c1. The average Bonchev–Trinajstić information content (AvgIpc) is 3.01. The minimum absolute atomic E-state index is 0.114. The van der Waals surface area contributed by atoms with E-state index in [0.717, 1.165) is 11.1 Å². The predicted molar refractivity (Wildman–Crippen MR) is 90.2 cm³/mol. The van der Waals surface area contributed by atoms with Gasteiger partial charge in [-0.2, -0.15) is 5.10 Å². The van der Waals surface area contributed by atoms with Gasteiger partial charge in [-0.25, -0.2) is 9.97 Å². The lowest BCUT2D eigenvalue weighted by Crippen LogP contribution is -2.35. The lowest BCUT2D eigenvalue weighted by atomic mass is 10.1. The zero-order valence-corrected chi connectivity index (χ0v) is 13.2. The van der Waals surface area contributed by atoms with Crippen LogP contribution in [0.1, 0.15) is 16.1 Å². The number of nitrogens with one attached hydrogen (secondary N) is 1. The Kier molecular flexibility index (Phi) is 3.26. The van der Waals surface area contributed by atoms with E-state index in [1.165, 1.54) is 0 Å². The monoisotopic (exact) mass is 320 g/mol. The fraction of sp³-hybridized carbons (Fsp3) is 0.176. The molecule has 0 saturated carbocycles. The van der Waals surface area contributed by atoms with Crippen molar-refractivity contribution in [3.05, 3.63) is 47.8 Å². The van der Waals surface area contributed by atoms with Crippen LogP contribution in [0.4, 0.5) is 5.69 Å². The van der Waals surface area contributed by atoms with Crippen LogP contribution >= 0.6 is 0 Å². The minimum Gasteiger partial charge on any atom is -0.398 e. The number of amides is 1. The maximum atomic E-state index is 11.9. The predicted octanol–water partition coefficient (Wildman–Crippen LogP) is 1.64. The van der Waals surface area contributed by atoms with E-state index >= 15 is 0 Å². The summed E-state index contributed by atoms with van der Waals surface area (Å²) in [5.41, 5.74) is 10.4. The molecule has 0 bridgehead atoms. The Bertz CT molecular complexity index is 946. The Balaban J connectivity index is 1.77. The molecule has 0 saturated heterocycles. The zero-order valence-electron chi connectivity index (χ0n) is 13.2. The molecule has 3 aromatic rings. The van der Waals surface area contributed by atoms with E-state index < -0.39 is 0 Å². The molecule has 1 aliphatic heterocycles. The van der Waals surface area contributed by atoms with Crippen LogP contribution in [-0.2, 0) is 6.54 Å². The van der Waals surface area contributed by atoms with Gasteiger partial charge in [-0.1, -0.05) is 6.07 Å². The first kappa shape index (κ1) is 14.4. The number of hydrogen-bond acceptors (Lipinski definition) is 5. The summed E-state index contributed by atoms with van der Waals surface area (Å²) in [6.07, 6.45) is 1.68. The highest BCUT2D eigenvalue weighted by Crippen LogP contribution is 2.26. The van der Waals surface area contributed by atoms with Crippen LogP contribution in [0.15, 0.2) is 36.5 Å². The van der Waals surface area contributed by atoms with Gasteiger partial charge in [0.1, 0.15) is 11.4 Å². The van der Waals surface area contributed by atoms with Crippen LogP contribution in [0.25, 0.3) is 22.8 Å². The topological polar surface area (TPSA) is 98.7 Å². The first-order valence-electron chi connectivity index (χ1n) is 7.68. The van der Waals surface area contributed by atoms with Gasteiger partial charge in [0, 0.05) is 24.0 Å². The minimum atomic E-state index is -0.114. The van der Waals surface area contributed by atoms with Crippen molar-refractivity contribution in [1.29, 1.82) is 0 Å². The van der Waals surface area contributed by atoms with Crippen molar-refractivity contribution in [2.75, 3.05) is 12.3 Å². The summed E-state index contributed by atoms with van der Waals surface area (Å²) < 4.78 is 1.70. The Morgan fingerprint density at radius 3 is 2.88 bits per heavy atom. The maximum Gasteiger partial charge on any atom is 0.269 e. The van der Waals surface area contributed by atoms with Crippen molar-refractivity contribution >= 4 is 11.6 Å². The Morgan fingerprint density at radius 1 is 1.21 bits per heavy atom. The standard InChI is InChI=1S/C17H16N6O/c1-10-2-3-11(12(18)8-10)16-19-5-4-13(21-16)14-9-15-17(24)20-6-7-23(15)22-14/h2-5,8-9H,6-7,18H2,1H3,(H,20,24). The van der Waals surface area contributed by atoms with Gasteiger partial charge in [-0.05, 0) is 36.8 Å². The molecule has 24 heavy (non-hydrogen) atoms. The Labute approximate surface area is 138 Å². The van der Waals surface area contributed by atoms with Gasteiger partial charge >= 0.3 is 0 Å². The summed E-state index contributed by atoms with van der Waals surface area (Å²) in [5, 5.41) is 7.28. The van der Waals surface area contributed by atoms with Crippen molar-refractivity contribution in [2.45, 2.75) is 13.5 Å². The van der Waals surface area contributed by atoms with E-state index in [1.54, 1.807) is 23.0 Å². The lowest BCUT2D eigenvalue weighted by Gasteiger charge is -2.13. The summed E-state index contributed by atoms with van der Waals surface area (Å²) >= 11 is 0. The number of aromatic nitrogens is 4. The molecule has 7 heteroatoms. The van der Waals surface area contributed by atoms with Crippen molar-refractivity contribution in [3.8, 4) is 22.8 Å². The molecule has 0 aliphatic carbocycles. The molecule has 2 aromatic heterocycles. The number of aryl methyl sites for hydroxylation is 1. The molecule has 0 spiro atoms. The number of carbonyl (C=O) groups is 1.